The van der Waals surface area contributed by atoms with Gasteiger partial charge in [-0.1, -0.05) is 29.8 Å². The molecule has 0 radical (unpaired) electrons. The minimum Gasteiger partial charge on any atom is -0.333 e. The zero-order valence-electron chi connectivity index (χ0n) is 9.15. The van der Waals surface area contributed by atoms with Crippen LogP contribution >= 0.6 is 11.6 Å². The van der Waals surface area contributed by atoms with Crippen LogP contribution in [0.25, 0.3) is 11.3 Å². The molecule has 0 saturated heterocycles. The number of imidazole rings is 1. The van der Waals surface area contributed by atoms with Gasteiger partial charge in [0.2, 0.25) is 0 Å². The Hall–Kier alpha value is -1.32. The van der Waals surface area contributed by atoms with Crippen molar-refractivity contribution in [2.24, 2.45) is 12.8 Å². The lowest BCUT2D eigenvalue weighted by Gasteiger charge is -2.07. The molecule has 16 heavy (non-hydrogen) atoms. The van der Waals surface area contributed by atoms with E-state index in [4.69, 9.17) is 17.3 Å². The van der Waals surface area contributed by atoms with Gasteiger partial charge in [0, 0.05) is 24.1 Å². The standard InChI is InChI=1S/C12H14ClN3/c1-16-8-15-11(6-7-14)12(16)9-4-2-3-5-10(9)13/h2-5,8H,6-7,14H2,1H3. The van der Waals surface area contributed by atoms with Crippen molar-refractivity contribution in [3.63, 3.8) is 0 Å². The fraction of sp³-hybridized carbons (Fsp3) is 0.250. The molecule has 1 aromatic heterocycles. The Labute approximate surface area is 99.9 Å². The maximum Gasteiger partial charge on any atom is 0.0951 e. The molecule has 1 heterocycles. The van der Waals surface area contributed by atoms with Gasteiger partial charge in [-0.05, 0) is 12.6 Å². The molecule has 0 saturated carbocycles. The topological polar surface area (TPSA) is 43.8 Å². The van der Waals surface area contributed by atoms with Crippen LogP contribution in [-0.2, 0) is 13.5 Å². The van der Waals surface area contributed by atoms with E-state index in [1.807, 2.05) is 35.9 Å². The van der Waals surface area contributed by atoms with Crippen molar-refractivity contribution in [3.8, 4) is 11.3 Å². The molecular weight excluding hydrogens is 222 g/mol. The van der Waals surface area contributed by atoms with E-state index in [2.05, 4.69) is 4.98 Å². The molecule has 2 aromatic rings. The molecule has 4 heteroatoms. The summed E-state index contributed by atoms with van der Waals surface area (Å²) in [5.41, 5.74) is 8.63. The average molecular weight is 236 g/mol. The highest BCUT2D eigenvalue weighted by molar-refractivity contribution is 6.33. The van der Waals surface area contributed by atoms with E-state index < -0.39 is 0 Å². The van der Waals surface area contributed by atoms with Gasteiger partial charge in [0.1, 0.15) is 0 Å². The molecule has 2 N–H and O–H groups in total. The van der Waals surface area contributed by atoms with Crippen LogP contribution in [0.15, 0.2) is 30.6 Å². The summed E-state index contributed by atoms with van der Waals surface area (Å²) < 4.78 is 1.98. The van der Waals surface area contributed by atoms with Crippen LogP contribution in [0.3, 0.4) is 0 Å². The third-order valence-corrected chi connectivity index (χ3v) is 2.85. The van der Waals surface area contributed by atoms with Crippen molar-refractivity contribution < 1.29 is 0 Å². The lowest BCUT2D eigenvalue weighted by molar-refractivity contribution is 0.917. The SMILES string of the molecule is Cn1cnc(CCN)c1-c1ccccc1Cl. The van der Waals surface area contributed by atoms with Crippen LogP contribution in [0, 0.1) is 0 Å². The minimum atomic E-state index is 0.592. The van der Waals surface area contributed by atoms with Gasteiger partial charge in [0.05, 0.1) is 17.7 Å². The summed E-state index contributed by atoms with van der Waals surface area (Å²) in [6.07, 6.45) is 2.56. The summed E-state index contributed by atoms with van der Waals surface area (Å²) in [6.45, 7) is 0.592. The summed E-state index contributed by atoms with van der Waals surface area (Å²) in [5, 5.41) is 0.740. The number of halogens is 1. The Balaban J connectivity index is 2.54. The zero-order chi connectivity index (χ0) is 11.5. The van der Waals surface area contributed by atoms with Crippen molar-refractivity contribution >= 4 is 11.6 Å². The number of rotatable bonds is 3. The fourth-order valence-electron chi connectivity index (χ4n) is 1.80. The lowest BCUT2D eigenvalue weighted by Crippen LogP contribution is -2.05. The van der Waals surface area contributed by atoms with Crippen LogP contribution in [0.2, 0.25) is 5.02 Å². The minimum absolute atomic E-state index is 0.592. The molecule has 0 aliphatic heterocycles. The second-order valence-corrected chi connectivity index (χ2v) is 4.08. The first kappa shape index (κ1) is 11.2. The molecule has 0 unspecified atom stereocenters. The van der Waals surface area contributed by atoms with Crippen molar-refractivity contribution in [2.75, 3.05) is 6.54 Å². The van der Waals surface area contributed by atoms with Gasteiger partial charge < -0.3 is 10.3 Å². The first-order valence-electron chi connectivity index (χ1n) is 5.19. The number of benzene rings is 1. The molecule has 0 atom stereocenters. The highest BCUT2D eigenvalue weighted by atomic mass is 35.5. The highest BCUT2D eigenvalue weighted by Gasteiger charge is 2.12. The molecule has 0 spiro atoms. The second-order valence-electron chi connectivity index (χ2n) is 3.67. The summed E-state index contributed by atoms with van der Waals surface area (Å²) in [6, 6.07) is 7.78. The Kier molecular flexibility index (Phi) is 3.27. The fourth-order valence-corrected chi connectivity index (χ4v) is 2.02. The predicted molar refractivity (Wildman–Crippen MR) is 66.4 cm³/mol. The number of nitrogens with zero attached hydrogens (tertiary/aromatic N) is 2. The van der Waals surface area contributed by atoms with Crippen LogP contribution in [0.5, 0.6) is 0 Å². The molecule has 0 aliphatic rings. The Bertz CT molecular complexity index is 491. The van der Waals surface area contributed by atoms with E-state index in [-0.39, 0.29) is 0 Å². The van der Waals surface area contributed by atoms with E-state index in [0.29, 0.717) is 6.54 Å². The molecule has 84 valence electrons. The van der Waals surface area contributed by atoms with Gasteiger partial charge in [-0.25, -0.2) is 4.98 Å². The van der Waals surface area contributed by atoms with Gasteiger partial charge in [0.25, 0.3) is 0 Å². The van der Waals surface area contributed by atoms with Gasteiger partial charge in [-0.3, -0.25) is 0 Å². The first-order valence-corrected chi connectivity index (χ1v) is 5.57. The first-order chi connectivity index (χ1) is 7.74. The second kappa shape index (κ2) is 4.68. The van der Waals surface area contributed by atoms with Crippen LogP contribution in [0.1, 0.15) is 5.69 Å². The zero-order valence-corrected chi connectivity index (χ0v) is 9.91. The number of aryl methyl sites for hydroxylation is 1. The number of nitrogens with two attached hydrogens (primary N) is 1. The van der Waals surface area contributed by atoms with Crippen molar-refractivity contribution in [3.05, 3.63) is 41.3 Å². The smallest absolute Gasteiger partial charge is 0.0951 e. The largest absolute Gasteiger partial charge is 0.333 e. The Morgan fingerprint density at radius 1 is 1.38 bits per heavy atom. The summed E-state index contributed by atoms with van der Waals surface area (Å²) in [4.78, 5) is 4.35. The normalized spacial score (nSPS) is 10.7. The molecule has 1 aromatic carbocycles. The summed E-state index contributed by atoms with van der Waals surface area (Å²) >= 11 is 6.19. The van der Waals surface area contributed by atoms with E-state index in [1.54, 1.807) is 6.33 Å². The van der Waals surface area contributed by atoms with Crippen molar-refractivity contribution in [2.45, 2.75) is 6.42 Å². The Morgan fingerprint density at radius 2 is 2.12 bits per heavy atom. The van der Waals surface area contributed by atoms with Crippen molar-refractivity contribution in [1.82, 2.24) is 9.55 Å². The quantitative estimate of drug-likeness (QED) is 0.887. The third kappa shape index (κ3) is 1.96. The molecular formula is C12H14ClN3. The third-order valence-electron chi connectivity index (χ3n) is 2.52. The Morgan fingerprint density at radius 3 is 2.81 bits per heavy atom. The number of hydrogen-bond acceptors (Lipinski definition) is 2. The van der Waals surface area contributed by atoms with Gasteiger partial charge in [-0.2, -0.15) is 0 Å². The molecule has 0 aliphatic carbocycles. The van der Waals surface area contributed by atoms with E-state index in [1.165, 1.54) is 0 Å². The van der Waals surface area contributed by atoms with Gasteiger partial charge in [0.15, 0.2) is 0 Å². The molecule has 0 bridgehead atoms. The molecule has 0 fully saturated rings. The van der Waals surface area contributed by atoms with Gasteiger partial charge >= 0.3 is 0 Å². The maximum atomic E-state index is 6.19. The van der Waals surface area contributed by atoms with E-state index in [9.17, 15) is 0 Å². The maximum absolute atomic E-state index is 6.19. The summed E-state index contributed by atoms with van der Waals surface area (Å²) in [7, 11) is 1.96. The monoisotopic (exact) mass is 235 g/mol. The number of hydrogen-bond donors (Lipinski definition) is 1. The molecule has 2 rings (SSSR count). The van der Waals surface area contributed by atoms with Crippen molar-refractivity contribution in [1.29, 1.82) is 0 Å². The van der Waals surface area contributed by atoms with Gasteiger partial charge in [-0.15, -0.1) is 0 Å². The number of aromatic nitrogens is 2. The van der Waals surface area contributed by atoms with E-state index >= 15 is 0 Å². The van der Waals surface area contributed by atoms with Crippen LogP contribution < -0.4 is 5.73 Å². The average Bonchev–Trinajstić information content (AvgIpc) is 2.62. The highest BCUT2D eigenvalue weighted by Crippen LogP contribution is 2.29. The summed E-state index contributed by atoms with van der Waals surface area (Å²) in [5.74, 6) is 0. The molecule has 0 amide bonds. The lowest BCUT2D eigenvalue weighted by atomic mass is 10.1. The van der Waals surface area contributed by atoms with Crippen LogP contribution in [-0.4, -0.2) is 16.1 Å². The molecule has 3 nitrogen and oxygen atoms in total. The van der Waals surface area contributed by atoms with E-state index in [0.717, 1.165) is 28.4 Å². The predicted octanol–water partition coefficient (Wildman–Crippen LogP) is 2.24. The van der Waals surface area contributed by atoms with Crippen LogP contribution in [0.4, 0.5) is 0 Å².